The summed E-state index contributed by atoms with van der Waals surface area (Å²) in [5.41, 5.74) is 2.04. The minimum atomic E-state index is -3.89. The van der Waals surface area contributed by atoms with Crippen LogP contribution in [0.15, 0.2) is 59.5 Å². The number of amides is 1. The Labute approximate surface area is 171 Å². The van der Waals surface area contributed by atoms with Gasteiger partial charge in [-0.3, -0.25) is 9.59 Å². The van der Waals surface area contributed by atoms with Crippen LogP contribution < -0.4 is 10.0 Å². The number of ether oxygens (including phenoxy) is 1. The number of aryl methyl sites for hydroxylation is 1. The van der Waals surface area contributed by atoms with Crippen molar-refractivity contribution < 1.29 is 22.7 Å². The van der Waals surface area contributed by atoms with Crippen LogP contribution in [0.3, 0.4) is 0 Å². The molecular formula is C21H26N2O5S. The van der Waals surface area contributed by atoms with Crippen molar-refractivity contribution in [1.29, 1.82) is 0 Å². The first kappa shape index (κ1) is 22.6. The van der Waals surface area contributed by atoms with Crippen LogP contribution in [0.2, 0.25) is 0 Å². The molecule has 2 aromatic rings. The largest absolute Gasteiger partial charge is 0.454 e. The van der Waals surface area contributed by atoms with Gasteiger partial charge in [-0.15, -0.1) is 0 Å². The smallest absolute Gasteiger partial charge is 0.324 e. The number of hydrogen-bond donors (Lipinski definition) is 2. The molecule has 2 rings (SSSR count). The highest BCUT2D eigenvalue weighted by atomic mass is 32.2. The van der Waals surface area contributed by atoms with Crippen LogP contribution in [0.5, 0.6) is 0 Å². The summed E-state index contributed by atoms with van der Waals surface area (Å²) >= 11 is 0. The maximum atomic E-state index is 12.5. The Hall–Kier alpha value is -2.71. The number of rotatable bonds is 9. The van der Waals surface area contributed by atoms with E-state index in [4.69, 9.17) is 4.74 Å². The molecule has 0 bridgehead atoms. The normalized spacial score (nSPS) is 12.4. The van der Waals surface area contributed by atoms with Crippen molar-refractivity contribution in [3.8, 4) is 0 Å². The summed E-state index contributed by atoms with van der Waals surface area (Å²) in [5, 5.41) is 2.66. The van der Waals surface area contributed by atoms with Crippen molar-refractivity contribution in [2.45, 2.75) is 38.3 Å². The molecule has 0 aliphatic heterocycles. The van der Waals surface area contributed by atoms with Crippen LogP contribution in [-0.4, -0.2) is 32.9 Å². The van der Waals surface area contributed by atoms with Crippen molar-refractivity contribution >= 4 is 21.9 Å². The van der Waals surface area contributed by atoms with E-state index in [0.29, 0.717) is 6.54 Å². The molecule has 0 radical (unpaired) electrons. The summed E-state index contributed by atoms with van der Waals surface area (Å²) in [6.07, 6.45) is 0. The van der Waals surface area contributed by atoms with Crippen LogP contribution in [0.25, 0.3) is 0 Å². The minimum Gasteiger partial charge on any atom is -0.454 e. The SMILES string of the molecule is Cc1ccc(CNC(=O)COC(=O)[C@@H](NS(=O)(=O)c2ccccc2)C(C)C)cc1. The monoisotopic (exact) mass is 418 g/mol. The average Bonchev–Trinajstić information content (AvgIpc) is 2.70. The van der Waals surface area contributed by atoms with Gasteiger partial charge in [0.25, 0.3) is 5.91 Å². The quantitative estimate of drug-likeness (QED) is 0.608. The van der Waals surface area contributed by atoms with Crippen LogP contribution in [0.4, 0.5) is 0 Å². The lowest BCUT2D eigenvalue weighted by Crippen LogP contribution is -2.46. The van der Waals surface area contributed by atoms with E-state index in [9.17, 15) is 18.0 Å². The fourth-order valence-electron chi connectivity index (χ4n) is 2.48. The highest BCUT2D eigenvalue weighted by Gasteiger charge is 2.30. The lowest BCUT2D eigenvalue weighted by molar-refractivity contribution is -0.151. The molecule has 1 amide bonds. The maximum Gasteiger partial charge on any atom is 0.324 e. The van der Waals surface area contributed by atoms with Gasteiger partial charge in [-0.25, -0.2) is 8.42 Å². The standard InChI is InChI=1S/C21H26N2O5S/c1-15(2)20(23-29(26,27)18-7-5-4-6-8-18)21(25)28-14-19(24)22-13-17-11-9-16(3)10-12-17/h4-12,15,20,23H,13-14H2,1-3H3,(H,22,24)/t20-/m0/s1. The van der Waals surface area contributed by atoms with E-state index in [1.165, 1.54) is 12.1 Å². The van der Waals surface area contributed by atoms with Crippen LogP contribution in [0, 0.1) is 12.8 Å². The number of hydrogen-bond acceptors (Lipinski definition) is 5. The van der Waals surface area contributed by atoms with Gasteiger partial charge in [-0.1, -0.05) is 61.9 Å². The molecule has 0 unspecified atom stereocenters. The number of nitrogens with one attached hydrogen (secondary N) is 2. The molecule has 1 atom stereocenters. The first-order chi connectivity index (χ1) is 13.7. The number of esters is 1. The molecule has 29 heavy (non-hydrogen) atoms. The third-order valence-electron chi connectivity index (χ3n) is 4.21. The average molecular weight is 419 g/mol. The minimum absolute atomic E-state index is 0.0503. The predicted octanol–water partition coefficient (Wildman–Crippen LogP) is 2.16. The predicted molar refractivity (Wildman–Crippen MR) is 109 cm³/mol. The number of carbonyl (C=O) groups excluding carboxylic acids is 2. The topological polar surface area (TPSA) is 102 Å². The molecule has 0 aliphatic carbocycles. The first-order valence-corrected chi connectivity index (χ1v) is 10.7. The van der Waals surface area contributed by atoms with E-state index < -0.39 is 34.5 Å². The summed E-state index contributed by atoms with van der Waals surface area (Å²) < 4.78 is 32.3. The third-order valence-corrected chi connectivity index (χ3v) is 5.67. The molecule has 0 fully saturated rings. The van der Waals surface area contributed by atoms with E-state index >= 15 is 0 Å². The Kier molecular flexibility index (Phi) is 7.92. The van der Waals surface area contributed by atoms with E-state index in [1.807, 2.05) is 31.2 Å². The van der Waals surface area contributed by atoms with Crippen molar-refractivity contribution in [3.63, 3.8) is 0 Å². The number of carbonyl (C=O) groups is 2. The van der Waals surface area contributed by atoms with E-state index in [2.05, 4.69) is 10.0 Å². The van der Waals surface area contributed by atoms with E-state index in [-0.39, 0.29) is 10.8 Å². The highest BCUT2D eigenvalue weighted by molar-refractivity contribution is 7.89. The summed E-state index contributed by atoms with van der Waals surface area (Å²) in [5.74, 6) is -1.63. The summed E-state index contributed by atoms with van der Waals surface area (Å²) in [4.78, 5) is 24.4. The molecule has 0 heterocycles. The summed E-state index contributed by atoms with van der Waals surface area (Å²) in [7, 11) is -3.89. The molecule has 2 N–H and O–H groups in total. The van der Waals surface area contributed by atoms with Crippen molar-refractivity contribution in [1.82, 2.24) is 10.0 Å². The van der Waals surface area contributed by atoms with Gasteiger partial charge in [0.05, 0.1) is 4.90 Å². The van der Waals surface area contributed by atoms with Gasteiger partial charge >= 0.3 is 5.97 Å². The van der Waals surface area contributed by atoms with Gasteiger partial charge in [-0.2, -0.15) is 4.72 Å². The van der Waals surface area contributed by atoms with Crippen molar-refractivity contribution in [2.24, 2.45) is 5.92 Å². The molecule has 0 spiro atoms. The molecule has 0 aliphatic rings. The third kappa shape index (κ3) is 6.99. The van der Waals surface area contributed by atoms with Gasteiger partial charge in [-0.05, 0) is 30.5 Å². The van der Waals surface area contributed by atoms with Gasteiger partial charge in [0.1, 0.15) is 6.04 Å². The van der Waals surface area contributed by atoms with Crippen molar-refractivity contribution in [3.05, 3.63) is 65.7 Å². The van der Waals surface area contributed by atoms with Crippen molar-refractivity contribution in [2.75, 3.05) is 6.61 Å². The molecule has 0 saturated carbocycles. The lowest BCUT2D eigenvalue weighted by Gasteiger charge is -2.20. The molecule has 2 aromatic carbocycles. The van der Waals surface area contributed by atoms with Gasteiger partial charge in [0.2, 0.25) is 10.0 Å². The molecular weight excluding hydrogens is 392 g/mol. The Morgan fingerprint density at radius 3 is 2.21 bits per heavy atom. The Morgan fingerprint density at radius 2 is 1.62 bits per heavy atom. The zero-order valence-electron chi connectivity index (χ0n) is 16.7. The highest BCUT2D eigenvalue weighted by Crippen LogP contribution is 2.12. The van der Waals surface area contributed by atoms with E-state index in [0.717, 1.165) is 11.1 Å². The zero-order chi connectivity index (χ0) is 21.4. The molecule has 8 heteroatoms. The Bertz CT molecular complexity index is 925. The number of benzene rings is 2. The fourth-order valence-corrected chi connectivity index (χ4v) is 3.83. The summed E-state index contributed by atoms with van der Waals surface area (Å²) in [6, 6.07) is 14.3. The van der Waals surface area contributed by atoms with E-state index in [1.54, 1.807) is 32.0 Å². The lowest BCUT2D eigenvalue weighted by atomic mass is 10.1. The molecule has 0 aromatic heterocycles. The van der Waals surface area contributed by atoms with Crippen LogP contribution in [0.1, 0.15) is 25.0 Å². The Morgan fingerprint density at radius 1 is 1.00 bits per heavy atom. The maximum absolute atomic E-state index is 12.5. The van der Waals surface area contributed by atoms with Gasteiger partial charge in [0, 0.05) is 6.54 Å². The zero-order valence-corrected chi connectivity index (χ0v) is 17.5. The second-order valence-electron chi connectivity index (χ2n) is 7.03. The van der Waals surface area contributed by atoms with Gasteiger partial charge < -0.3 is 10.1 Å². The summed E-state index contributed by atoms with van der Waals surface area (Å²) in [6.45, 7) is 5.18. The van der Waals surface area contributed by atoms with Gasteiger partial charge in [0.15, 0.2) is 6.61 Å². The van der Waals surface area contributed by atoms with Crippen LogP contribution in [-0.2, 0) is 30.9 Å². The second kappa shape index (κ2) is 10.2. The van der Waals surface area contributed by atoms with Crippen LogP contribution >= 0.6 is 0 Å². The molecule has 156 valence electrons. The molecule has 0 saturated heterocycles. The second-order valence-corrected chi connectivity index (χ2v) is 8.74. The molecule has 7 nitrogen and oxygen atoms in total. The Balaban J connectivity index is 1.90. The fraction of sp³-hybridized carbons (Fsp3) is 0.333. The number of sulfonamides is 1. The first-order valence-electron chi connectivity index (χ1n) is 9.25.